The van der Waals surface area contributed by atoms with Gasteiger partial charge in [-0.05, 0) is 19.3 Å². The lowest BCUT2D eigenvalue weighted by Gasteiger charge is -2.29. The van der Waals surface area contributed by atoms with E-state index in [2.05, 4.69) is 10.6 Å². The molecule has 0 saturated carbocycles. The smallest absolute Gasteiger partial charge is 0.226 e. The van der Waals surface area contributed by atoms with Crippen LogP contribution >= 0.6 is 0 Å². The minimum absolute atomic E-state index is 0.0122. The number of carbonyl (C=O) groups excluding carboxylic acids is 1. The van der Waals surface area contributed by atoms with Crippen molar-refractivity contribution in [3.63, 3.8) is 0 Å². The maximum absolute atomic E-state index is 11.4. The highest BCUT2D eigenvalue weighted by molar-refractivity contribution is 5.84. The number of amides is 1. The van der Waals surface area contributed by atoms with Crippen LogP contribution < -0.4 is 10.6 Å². The summed E-state index contributed by atoms with van der Waals surface area (Å²) < 4.78 is 0. The van der Waals surface area contributed by atoms with Crippen LogP contribution in [0.1, 0.15) is 19.3 Å². The zero-order valence-corrected chi connectivity index (χ0v) is 6.60. The summed E-state index contributed by atoms with van der Waals surface area (Å²) in [6.07, 6.45) is 2.97. The Hall–Kier alpha value is -0.570. The van der Waals surface area contributed by atoms with Crippen molar-refractivity contribution in [2.75, 3.05) is 19.6 Å². The van der Waals surface area contributed by atoms with Gasteiger partial charge in [-0.1, -0.05) is 0 Å². The molecule has 2 aliphatic rings. The zero-order valence-electron chi connectivity index (χ0n) is 6.60. The van der Waals surface area contributed by atoms with Gasteiger partial charge in [0.2, 0.25) is 5.91 Å². The van der Waals surface area contributed by atoms with Crippen LogP contribution in [-0.4, -0.2) is 25.5 Å². The second kappa shape index (κ2) is 2.48. The van der Waals surface area contributed by atoms with Crippen LogP contribution in [0.5, 0.6) is 0 Å². The maximum Gasteiger partial charge on any atom is 0.226 e. The molecule has 2 rings (SSSR count). The van der Waals surface area contributed by atoms with Crippen molar-refractivity contribution in [1.29, 1.82) is 0 Å². The van der Waals surface area contributed by atoms with Crippen molar-refractivity contribution < 1.29 is 4.79 Å². The summed E-state index contributed by atoms with van der Waals surface area (Å²) >= 11 is 0. The van der Waals surface area contributed by atoms with Gasteiger partial charge < -0.3 is 5.32 Å². The second-order valence-electron chi connectivity index (χ2n) is 3.46. The normalized spacial score (nSPS) is 28.9. The van der Waals surface area contributed by atoms with Crippen molar-refractivity contribution >= 4 is 5.91 Å². The Balaban J connectivity index is 2.12. The number of piperidine rings is 1. The quantitative estimate of drug-likeness (QED) is 0.518. The fourth-order valence-electron chi connectivity index (χ4n) is 2.02. The van der Waals surface area contributed by atoms with E-state index in [4.69, 9.17) is 0 Å². The third-order valence-corrected chi connectivity index (χ3v) is 2.87. The second-order valence-corrected chi connectivity index (χ2v) is 3.46. The largest absolute Gasteiger partial charge is 0.356 e. The van der Waals surface area contributed by atoms with E-state index < -0.39 is 0 Å². The highest BCUT2D eigenvalue weighted by Gasteiger charge is 2.42. The molecule has 11 heavy (non-hydrogen) atoms. The molecule has 0 aromatic carbocycles. The van der Waals surface area contributed by atoms with Gasteiger partial charge in [0.15, 0.2) is 0 Å². The molecule has 2 fully saturated rings. The van der Waals surface area contributed by atoms with Crippen molar-refractivity contribution in [2.45, 2.75) is 19.3 Å². The first-order valence-electron chi connectivity index (χ1n) is 4.25. The molecule has 0 aliphatic carbocycles. The van der Waals surface area contributed by atoms with Crippen LogP contribution in [0.4, 0.5) is 0 Å². The van der Waals surface area contributed by atoms with Gasteiger partial charge in [-0.15, -0.1) is 0 Å². The highest BCUT2D eigenvalue weighted by atomic mass is 16.2. The first-order chi connectivity index (χ1) is 5.33. The first kappa shape index (κ1) is 7.10. The average molecular weight is 153 g/mol. The van der Waals surface area contributed by atoms with Crippen LogP contribution in [0.15, 0.2) is 0 Å². The van der Waals surface area contributed by atoms with Crippen molar-refractivity contribution in [3.8, 4) is 0 Å². The third kappa shape index (κ3) is 1.03. The predicted octanol–water partition coefficient (Wildman–Crippen LogP) is -0.109. The van der Waals surface area contributed by atoms with Gasteiger partial charge in [0, 0.05) is 19.6 Å². The lowest BCUT2D eigenvalue weighted by atomic mass is 9.78. The van der Waals surface area contributed by atoms with Gasteiger partial charge in [0.1, 0.15) is 0 Å². The molecular formula is C8H13N2O. The standard InChI is InChI=1S/C8H13N2O/c11-7-8(3-6-10-7)1-4-9-5-2-8/h1-6H2,(H,10,11). The van der Waals surface area contributed by atoms with E-state index in [1.165, 1.54) is 0 Å². The van der Waals surface area contributed by atoms with E-state index in [1.54, 1.807) is 0 Å². The molecule has 0 aromatic rings. The Kier molecular flexibility index (Phi) is 1.60. The summed E-state index contributed by atoms with van der Waals surface area (Å²) in [4.78, 5) is 11.4. The summed E-state index contributed by atoms with van der Waals surface area (Å²) in [6.45, 7) is 2.64. The van der Waals surface area contributed by atoms with E-state index in [0.717, 1.165) is 38.9 Å². The molecule has 3 nitrogen and oxygen atoms in total. The minimum Gasteiger partial charge on any atom is -0.356 e. The molecule has 1 N–H and O–H groups in total. The van der Waals surface area contributed by atoms with Gasteiger partial charge >= 0.3 is 0 Å². The fraction of sp³-hybridized carbons (Fsp3) is 0.875. The molecule has 0 unspecified atom stereocenters. The predicted molar refractivity (Wildman–Crippen MR) is 41.2 cm³/mol. The molecule has 1 spiro atoms. The van der Waals surface area contributed by atoms with Crippen molar-refractivity contribution in [1.82, 2.24) is 10.6 Å². The Morgan fingerprint density at radius 3 is 2.55 bits per heavy atom. The van der Waals surface area contributed by atoms with Crippen molar-refractivity contribution in [3.05, 3.63) is 0 Å². The molecule has 1 amide bonds. The van der Waals surface area contributed by atoms with Crippen LogP contribution in [-0.2, 0) is 4.79 Å². The Morgan fingerprint density at radius 1 is 1.27 bits per heavy atom. The number of hydrogen-bond acceptors (Lipinski definition) is 1. The number of nitrogens with one attached hydrogen (secondary N) is 1. The summed E-state index contributed by atoms with van der Waals surface area (Å²) in [5, 5.41) is 7.15. The highest BCUT2D eigenvalue weighted by Crippen LogP contribution is 2.35. The monoisotopic (exact) mass is 153 g/mol. The summed E-state index contributed by atoms with van der Waals surface area (Å²) in [7, 11) is 0. The van der Waals surface area contributed by atoms with Gasteiger partial charge in [-0.3, -0.25) is 4.79 Å². The van der Waals surface area contributed by atoms with E-state index >= 15 is 0 Å². The van der Waals surface area contributed by atoms with E-state index in [1.807, 2.05) is 0 Å². The SMILES string of the molecule is O=C1NCCC12CC[N]CC2. The lowest BCUT2D eigenvalue weighted by Crippen LogP contribution is -2.39. The number of carbonyl (C=O) groups is 1. The van der Waals surface area contributed by atoms with E-state index in [-0.39, 0.29) is 11.3 Å². The third-order valence-electron chi connectivity index (χ3n) is 2.87. The molecular weight excluding hydrogens is 140 g/mol. The summed E-state index contributed by atoms with van der Waals surface area (Å²) in [6, 6.07) is 0. The summed E-state index contributed by atoms with van der Waals surface area (Å²) in [5.74, 6) is 0.271. The lowest BCUT2D eigenvalue weighted by molar-refractivity contribution is -0.128. The minimum atomic E-state index is -0.0122. The zero-order chi connectivity index (χ0) is 7.73. The van der Waals surface area contributed by atoms with Crippen LogP contribution in [0, 0.1) is 5.41 Å². The average Bonchev–Trinajstić information content (AvgIpc) is 2.36. The molecule has 0 atom stereocenters. The summed E-state index contributed by atoms with van der Waals surface area (Å²) in [5.41, 5.74) is -0.0122. The van der Waals surface area contributed by atoms with Crippen LogP contribution in [0.3, 0.4) is 0 Å². The topological polar surface area (TPSA) is 43.2 Å². The molecule has 2 saturated heterocycles. The van der Waals surface area contributed by atoms with Gasteiger partial charge in [-0.2, -0.15) is 0 Å². The molecule has 3 heteroatoms. The number of hydrogen-bond donors (Lipinski definition) is 1. The maximum atomic E-state index is 11.4. The van der Waals surface area contributed by atoms with Gasteiger partial charge in [-0.25, -0.2) is 5.32 Å². The van der Waals surface area contributed by atoms with Crippen LogP contribution in [0.2, 0.25) is 0 Å². The van der Waals surface area contributed by atoms with Gasteiger partial charge in [0.25, 0.3) is 0 Å². The Labute approximate surface area is 66.5 Å². The molecule has 0 bridgehead atoms. The van der Waals surface area contributed by atoms with Crippen LogP contribution in [0.25, 0.3) is 0 Å². The number of nitrogens with zero attached hydrogens (tertiary/aromatic N) is 1. The van der Waals surface area contributed by atoms with Gasteiger partial charge in [0.05, 0.1) is 5.41 Å². The molecule has 1 radical (unpaired) electrons. The van der Waals surface area contributed by atoms with E-state index in [0.29, 0.717) is 0 Å². The first-order valence-corrected chi connectivity index (χ1v) is 4.25. The van der Waals surface area contributed by atoms with Crippen molar-refractivity contribution in [2.24, 2.45) is 5.41 Å². The molecule has 2 heterocycles. The molecule has 0 aromatic heterocycles. The number of rotatable bonds is 0. The fourth-order valence-corrected chi connectivity index (χ4v) is 2.02. The van der Waals surface area contributed by atoms with E-state index in [9.17, 15) is 4.79 Å². The molecule has 2 aliphatic heterocycles. The molecule has 61 valence electrons. The Bertz CT molecular complexity index is 173. The Morgan fingerprint density at radius 2 is 2.00 bits per heavy atom.